The van der Waals surface area contributed by atoms with Crippen molar-refractivity contribution in [1.82, 2.24) is 24.7 Å². The summed E-state index contributed by atoms with van der Waals surface area (Å²) in [6, 6.07) is 1.52. The van der Waals surface area contributed by atoms with Crippen molar-refractivity contribution >= 4 is 23.4 Å². The van der Waals surface area contributed by atoms with Crippen LogP contribution in [0.25, 0.3) is 0 Å². The maximum absolute atomic E-state index is 5.56. The van der Waals surface area contributed by atoms with Crippen LogP contribution in [0.4, 0.5) is 11.6 Å². The SMILES string of the molecule is Cn1cnnc1CSc1nc(N)cc(N)n1. The number of hydrogen-bond donors (Lipinski definition) is 2. The molecular weight excluding hydrogens is 226 g/mol. The highest BCUT2D eigenvalue weighted by Crippen LogP contribution is 2.19. The van der Waals surface area contributed by atoms with E-state index in [0.29, 0.717) is 22.5 Å². The minimum Gasteiger partial charge on any atom is -0.383 e. The molecule has 0 saturated carbocycles. The molecule has 0 unspecified atom stereocenters. The molecule has 4 N–H and O–H groups in total. The van der Waals surface area contributed by atoms with E-state index in [1.165, 1.54) is 17.8 Å². The van der Waals surface area contributed by atoms with Gasteiger partial charge in [-0.2, -0.15) is 0 Å². The van der Waals surface area contributed by atoms with Gasteiger partial charge in [-0.25, -0.2) is 9.97 Å². The Hall–Kier alpha value is -1.83. The first-order valence-electron chi connectivity index (χ1n) is 4.51. The zero-order chi connectivity index (χ0) is 11.5. The van der Waals surface area contributed by atoms with Crippen molar-refractivity contribution in [2.75, 3.05) is 11.5 Å². The van der Waals surface area contributed by atoms with Gasteiger partial charge in [-0.1, -0.05) is 11.8 Å². The lowest BCUT2D eigenvalue weighted by Crippen LogP contribution is -2.00. The molecule has 7 nitrogen and oxygen atoms in total. The second-order valence-electron chi connectivity index (χ2n) is 3.15. The van der Waals surface area contributed by atoms with Crippen LogP contribution in [0.1, 0.15) is 5.82 Å². The van der Waals surface area contributed by atoms with Gasteiger partial charge in [0.1, 0.15) is 23.8 Å². The molecule has 0 amide bonds. The Labute approximate surface area is 96.3 Å². The molecule has 0 atom stereocenters. The first-order chi connectivity index (χ1) is 7.65. The summed E-state index contributed by atoms with van der Waals surface area (Å²) in [4.78, 5) is 8.11. The van der Waals surface area contributed by atoms with Gasteiger partial charge in [0.25, 0.3) is 0 Å². The average molecular weight is 237 g/mol. The maximum Gasteiger partial charge on any atom is 0.191 e. The minimum atomic E-state index is 0.368. The molecule has 0 fully saturated rings. The molecule has 0 aliphatic heterocycles. The molecule has 0 aromatic carbocycles. The van der Waals surface area contributed by atoms with Crippen molar-refractivity contribution in [2.45, 2.75) is 10.9 Å². The van der Waals surface area contributed by atoms with Crippen LogP contribution in [0.15, 0.2) is 17.6 Å². The highest BCUT2D eigenvalue weighted by Gasteiger charge is 2.05. The summed E-state index contributed by atoms with van der Waals surface area (Å²) in [5, 5.41) is 8.27. The van der Waals surface area contributed by atoms with E-state index in [0.717, 1.165) is 5.82 Å². The largest absolute Gasteiger partial charge is 0.383 e. The Morgan fingerprint density at radius 1 is 1.31 bits per heavy atom. The van der Waals surface area contributed by atoms with Crippen LogP contribution < -0.4 is 11.5 Å². The summed E-state index contributed by atoms with van der Waals surface area (Å²) in [7, 11) is 1.88. The number of nitrogens with two attached hydrogens (primary N) is 2. The van der Waals surface area contributed by atoms with E-state index in [2.05, 4.69) is 20.2 Å². The molecule has 0 aliphatic carbocycles. The first-order valence-corrected chi connectivity index (χ1v) is 5.49. The van der Waals surface area contributed by atoms with E-state index in [-0.39, 0.29) is 0 Å². The van der Waals surface area contributed by atoms with Gasteiger partial charge in [0.05, 0.1) is 5.75 Å². The molecule has 0 radical (unpaired) electrons. The minimum absolute atomic E-state index is 0.368. The topological polar surface area (TPSA) is 109 Å². The summed E-state index contributed by atoms with van der Waals surface area (Å²) in [6.07, 6.45) is 1.64. The Balaban J connectivity index is 2.07. The van der Waals surface area contributed by atoms with Gasteiger partial charge in [-0.15, -0.1) is 10.2 Å². The summed E-state index contributed by atoms with van der Waals surface area (Å²) in [5.41, 5.74) is 11.1. The van der Waals surface area contributed by atoms with E-state index in [1.54, 1.807) is 6.33 Å². The van der Waals surface area contributed by atoms with Crippen molar-refractivity contribution in [3.05, 3.63) is 18.2 Å². The van der Waals surface area contributed by atoms with Crippen molar-refractivity contribution < 1.29 is 0 Å². The molecule has 8 heteroatoms. The molecule has 16 heavy (non-hydrogen) atoms. The van der Waals surface area contributed by atoms with Gasteiger partial charge in [-0.3, -0.25) is 0 Å². The van der Waals surface area contributed by atoms with Crippen molar-refractivity contribution in [3.8, 4) is 0 Å². The van der Waals surface area contributed by atoms with E-state index in [4.69, 9.17) is 11.5 Å². The lowest BCUT2D eigenvalue weighted by atomic mass is 10.5. The van der Waals surface area contributed by atoms with Crippen LogP contribution in [0.3, 0.4) is 0 Å². The van der Waals surface area contributed by atoms with Crippen LogP contribution in [-0.2, 0) is 12.8 Å². The normalized spacial score (nSPS) is 10.6. The van der Waals surface area contributed by atoms with Crippen molar-refractivity contribution in [3.63, 3.8) is 0 Å². The molecule has 2 rings (SSSR count). The number of rotatable bonds is 3. The number of nitrogen functional groups attached to an aromatic ring is 2. The van der Waals surface area contributed by atoms with E-state index >= 15 is 0 Å². The number of nitrogens with zero attached hydrogens (tertiary/aromatic N) is 5. The number of hydrogen-bond acceptors (Lipinski definition) is 7. The molecule has 0 aliphatic rings. The fourth-order valence-electron chi connectivity index (χ4n) is 1.09. The number of aryl methyl sites for hydroxylation is 1. The van der Waals surface area contributed by atoms with Crippen molar-refractivity contribution in [2.24, 2.45) is 7.05 Å². The number of thioether (sulfide) groups is 1. The Morgan fingerprint density at radius 2 is 2.00 bits per heavy atom. The standard InChI is InChI=1S/C8H11N7S/c1-15-4-11-14-7(15)3-16-8-12-5(9)2-6(10)13-8/h2,4H,3H2,1H3,(H4,9,10,12,13). The average Bonchev–Trinajstić information content (AvgIpc) is 2.59. The molecule has 0 saturated heterocycles. The molecule has 84 valence electrons. The van der Waals surface area contributed by atoms with Gasteiger partial charge in [0.2, 0.25) is 0 Å². The van der Waals surface area contributed by atoms with Gasteiger partial charge in [0, 0.05) is 13.1 Å². The van der Waals surface area contributed by atoms with Crippen LogP contribution in [0.2, 0.25) is 0 Å². The molecule has 2 heterocycles. The third-order valence-corrected chi connectivity index (χ3v) is 2.72. The third-order valence-electron chi connectivity index (χ3n) is 1.88. The predicted octanol–water partition coefficient (Wildman–Crippen LogP) is 0.0618. The first kappa shape index (κ1) is 10.7. The summed E-state index contributed by atoms with van der Waals surface area (Å²) in [5.74, 6) is 2.20. The molecule has 0 spiro atoms. The van der Waals surface area contributed by atoms with Gasteiger partial charge < -0.3 is 16.0 Å². The van der Waals surface area contributed by atoms with E-state index < -0.39 is 0 Å². The summed E-state index contributed by atoms with van der Waals surface area (Å²) < 4.78 is 1.84. The van der Waals surface area contributed by atoms with Crippen LogP contribution in [0, 0.1) is 0 Å². The Kier molecular flexibility index (Phi) is 2.91. The lowest BCUT2D eigenvalue weighted by Gasteiger charge is -2.02. The molecule has 0 bridgehead atoms. The Morgan fingerprint density at radius 3 is 2.56 bits per heavy atom. The number of aromatic nitrogens is 5. The van der Waals surface area contributed by atoms with Crippen LogP contribution >= 0.6 is 11.8 Å². The van der Waals surface area contributed by atoms with Crippen LogP contribution in [-0.4, -0.2) is 24.7 Å². The van der Waals surface area contributed by atoms with Crippen molar-refractivity contribution in [1.29, 1.82) is 0 Å². The van der Waals surface area contributed by atoms with E-state index in [1.807, 2.05) is 11.6 Å². The zero-order valence-corrected chi connectivity index (χ0v) is 9.48. The third kappa shape index (κ3) is 2.40. The Bertz CT molecular complexity index is 475. The number of anilines is 2. The second-order valence-corrected chi connectivity index (χ2v) is 4.09. The lowest BCUT2D eigenvalue weighted by molar-refractivity contribution is 0.847. The van der Waals surface area contributed by atoms with Crippen LogP contribution in [0.5, 0.6) is 0 Å². The highest BCUT2D eigenvalue weighted by molar-refractivity contribution is 7.98. The molecule has 2 aromatic rings. The van der Waals surface area contributed by atoms with Gasteiger partial charge in [-0.05, 0) is 0 Å². The monoisotopic (exact) mass is 237 g/mol. The smallest absolute Gasteiger partial charge is 0.191 e. The summed E-state index contributed by atoms with van der Waals surface area (Å²) >= 11 is 1.42. The van der Waals surface area contributed by atoms with Gasteiger partial charge >= 0.3 is 0 Å². The maximum atomic E-state index is 5.56. The quantitative estimate of drug-likeness (QED) is 0.574. The molecule has 2 aromatic heterocycles. The van der Waals surface area contributed by atoms with Gasteiger partial charge in [0.15, 0.2) is 5.16 Å². The predicted molar refractivity (Wildman–Crippen MR) is 61.4 cm³/mol. The summed E-state index contributed by atoms with van der Waals surface area (Å²) in [6.45, 7) is 0. The molecular formula is C8H11N7S. The van der Waals surface area contributed by atoms with E-state index in [9.17, 15) is 0 Å². The fourth-order valence-corrected chi connectivity index (χ4v) is 1.95. The second kappa shape index (κ2) is 4.35. The fraction of sp³-hybridized carbons (Fsp3) is 0.250. The zero-order valence-electron chi connectivity index (χ0n) is 8.66. The highest BCUT2D eigenvalue weighted by atomic mass is 32.2.